The van der Waals surface area contributed by atoms with Gasteiger partial charge >= 0.3 is 0 Å². The van der Waals surface area contributed by atoms with Gasteiger partial charge in [0.15, 0.2) is 0 Å². The van der Waals surface area contributed by atoms with Gasteiger partial charge in [-0.1, -0.05) is 0 Å². The number of hydrogen-bond acceptors (Lipinski definition) is 6. The van der Waals surface area contributed by atoms with Crippen molar-refractivity contribution in [3.63, 3.8) is 0 Å². The average molecular weight is 417 g/mol. The van der Waals surface area contributed by atoms with Crippen molar-refractivity contribution < 1.29 is 4.79 Å². The number of thiophene rings is 1. The second-order valence-electron chi connectivity index (χ2n) is 7.16. The first-order chi connectivity index (χ1) is 11.8. The molecule has 3 rings (SSSR count). The summed E-state index contributed by atoms with van der Waals surface area (Å²) in [5, 5.41) is 3.58. The molecule has 0 spiro atoms. The average Bonchev–Trinajstić information content (AvgIpc) is 2.91. The zero-order valence-electron chi connectivity index (χ0n) is 15.0. The van der Waals surface area contributed by atoms with Gasteiger partial charge in [-0.15, -0.1) is 35.5 Å². The van der Waals surface area contributed by atoms with Crippen molar-refractivity contribution in [2.24, 2.45) is 5.73 Å². The van der Waals surface area contributed by atoms with Gasteiger partial charge in [0, 0.05) is 17.0 Å². The highest BCUT2D eigenvalue weighted by atomic mass is 35.5. The number of rotatable bonds is 6. The number of halogens is 1. The van der Waals surface area contributed by atoms with E-state index >= 15 is 0 Å². The fourth-order valence-electron chi connectivity index (χ4n) is 2.89. The third-order valence-electron chi connectivity index (χ3n) is 4.09. The van der Waals surface area contributed by atoms with Gasteiger partial charge in [-0.25, -0.2) is 4.98 Å². The van der Waals surface area contributed by atoms with Crippen LogP contribution >= 0.6 is 35.5 Å². The lowest BCUT2D eigenvalue weighted by atomic mass is 9.97. The Morgan fingerprint density at radius 2 is 2.12 bits per heavy atom. The maximum Gasteiger partial charge on any atom is 0.259 e. The summed E-state index contributed by atoms with van der Waals surface area (Å²) in [7, 11) is 0. The maximum atomic E-state index is 12.5. The smallest absolute Gasteiger partial charge is 0.259 e. The Bertz CT molecular complexity index is 842. The van der Waals surface area contributed by atoms with Gasteiger partial charge in [-0.3, -0.25) is 9.59 Å². The number of amides is 1. The van der Waals surface area contributed by atoms with E-state index in [1.165, 1.54) is 28.6 Å². The number of aromatic amines is 1. The highest BCUT2D eigenvalue weighted by Crippen LogP contribution is 2.33. The second-order valence-corrected chi connectivity index (χ2v) is 9.23. The summed E-state index contributed by atoms with van der Waals surface area (Å²) in [4.78, 5) is 33.9. The second kappa shape index (κ2) is 8.73. The van der Waals surface area contributed by atoms with Crippen LogP contribution in [0.5, 0.6) is 0 Å². The lowest BCUT2D eigenvalue weighted by molar-refractivity contribution is -0.118. The topological polar surface area (TPSA) is 101 Å². The lowest BCUT2D eigenvalue weighted by Crippen LogP contribution is -2.45. The lowest BCUT2D eigenvalue weighted by Gasteiger charge is -2.18. The van der Waals surface area contributed by atoms with Crippen molar-refractivity contribution in [3.05, 3.63) is 26.6 Å². The van der Waals surface area contributed by atoms with Crippen LogP contribution in [0.15, 0.2) is 4.79 Å². The normalized spacial score (nSPS) is 14.0. The molecule has 1 aliphatic rings. The Labute approximate surface area is 167 Å². The van der Waals surface area contributed by atoms with Crippen molar-refractivity contribution in [3.8, 4) is 0 Å². The van der Waals surface area contributed by atoms with Gasteiger partial charge in [0.05, 0.1) is 16.9 Å². The Balaban J connectivity index is 0.00000243. The van der Waals surface area contributed by atoms with Crippen LogP contribution in [0.25, 0.3) is 10.2 Å². The minimum absolute atomic E-state index is 0. The molecule has 2 aromatic heterocycles. The Hall–Kier alpha value is -1.09. The number of carbonyl (C=O) groups excluding carboxylic acids is 1. The van der Waals surface area contributed by atoms with Crippen LogP contribution in [-0.4, -0.2) is 33.7 Å². The number of carbonyl (C=O) groups is 1. The monoisotopic (exact) mass is 416 g/mol. The third-order valence-corrected chi connectivity index (χ3v) is 6.22. The maximum absolute atomic E-state index is 12.5. The predicted octanol–water partition coefficient (Wildman–Crippen LogP) is 2.37. The quantitative estimate of drug-likeness (QED) is 0.671. The first kappa shape index (κ1) is 21.2. The molecule has 0 fully saturated rings. The van der Waals surface area contributed by atoms with Crippen LogP contribution in [0.2, 0.25) is 0 Å². The van der Waals surface area contributed by atoms with Crippen LogP contribution in [0, 0.1) is 0 Å². The molecule has 1 amide bonds. The summed E-state index contributed by atoms with van der Waals surface area (Å²) >= 11 is 3.08. The van der Waals surface area contributed by atoms with Gasteiger partial charge < -0.3 is 16.0 Å². The molecule has 0 bridgehead atoms. The number of H-pyrrole nitrogens is 1. The summed E-state index contributed by atoms with van der Waals surface area (Å²) < 4.78 is 0. The molecule has 144 valence electrons. The van der Waals surface area contributed by atoms with Crippen LogP contribution in [0.3, 0.4) is 0 Å². The molecule has 0 atom stereocenters. The standard InChI is InChI=1S/C17H24N4O2S2.ClH/c1-17(2,18)9-19-13(22)8-24-7-12-20-15(23)14-10-5-3-4-6-11(10)25-16(14)21-12;/h3-9,18H2,1-2H3,(H,19,22)(H,20,21,23);1H. The van der Waals surface area contributed by atoms with E-state index in [4.69, 9.17) is 5.73 Å². The molecule has 2 heterocycles. The van der Waals surface area contributed by atoms with Crippen LogP contribution in [-0.2, 0) is 23.4 Å². The molecule has 6 nitrogen and oxygen atoms in total. The zero-order chi connectivity index (χ0) is 18.0. The number of nitrogens with two attached hydrogens (primary N) is 1. The Morgan fingerprint density at radius 3 is 2.85 bits per heavy atom. The van der Waals surface area contributed by atoms with Gasteiger partial charge in [-0.05, 0) is 45.1 Å². The highest BCUT2D eigenvalue weighted by molar-refractivity contribution is 7.99. The van der Waals surface area contributed by atoms with Crippen LogP contribution in [0.4, 0.5) is 0 Å². The number of hydrogen-bond donors (Lipinski definition) is 3. The van der Waals surface area contributed by atoms with E-state index in [1.54, 1.807) is 11.3 Å². The molecule has 0 aromatic carbocycles. The van der Waals surface area contributed by atoms with Crippen molar-refractivity contribution in [1.29, 1.82) is 0 Å². The molecule has 0 aliphatic heterocycles. The van der Waals surface area contributed by atoms with E-state index in [1.807, 2.05) is 13.8 Å². The largest absolute Gasteiger partial charge is 0.354 e. The van der Waals surface area contributed by atoms with E-state index in [-0.39, 0.29) is 23.9 Å². The fourth-order valence-corrected chi connectivity index (χ4v) is 4.90. The van der Waals surface area contributed by atoms with Gasteiger partial charge in [0.1, 0.15) is 10.7 Å². The molecule has 0 saturated heterocycles. The molecular weight excluding hydrogens is 392 g/mol. The third kappa shape index (κ3) is 5.22. The highest BCUT2D eigenvalue weighted by Gasteiger charge is 2.19. The summed E-state index contributed by atoms with van der Waals surface area (Å²) in [5.41, 5.74) is 6.57. The van der Waals surface area contributed by atoms with Crippen molar-refractivity contribution in [2.45, 2.75) is 50.8 Å². The van der Waals surface area contributed by atoms with Crippen molar-refractivity contribution in [1.82, 2.24) is 15.3 Å². The Kier molecular flexibility index (Phi) is 7.12. The number of fused-ring (bicyclic) bond motifs is 3. The van der Waals surface area contributed by atoms with E-state index in [0.29, 0.717) is 23.9 Å². The molecule has 9 heteroatoms. The minimum atomic E-state index is -0.420. The minimum Gasteiger partial charge on any atom is -0.354 e. The van der Waals surface area contributed by atoms with Gasteiger partial charge in [-0.2, -0.15) is 0 Å². The van der Waals surface area contributed by atoms with Crippen LogP contribution in [0.1, 0.15) is 43.0 Å². The van der Waals surface area contributed by atoms with E-state index in [0.717, 1.165) is 29.5 Å². The molecule has 0 saturated carbocycles. The molecule has 4 N–H and O–H groups in total. The van der Waals surface area contributed by atoms with Gasteiger partial charge in [0.2, 0.25) is 5.91 Å². The fraction of sp³-hybridized carbons (Fsp3) is 0.588. The number of aryl methyl sites for hydroxylation is 2. The van der Waals surface area contributed by atoms with E-state index in [2.05, 4.69) is 15.3 Å². The summed E-state index contributed by atoms with van der Waals surface area (Å²) in [6.07, 6.45) is 4.36. The summed E-state index contributed by atoms with van der Waals surface area (Å²) in [6.45, 7) is 4.17. The number of thioether (sulfide) groups is 1. The number of aromatic nitrogens is 2. The molecule has 26 heavy (non-hydrogen) atoms. The number of nitrogens with zero attached hydrogens (tertiary/aromatic N) is 1. The van der Waals surface area contributed by atoms with E-state index < -0.39 is 5.54 Å². The predicted molar refractivity (Wildman–Crippen MR) is 112 cm³/mol. The van der Waals surface area contributed by atoms with Crippen molar-refractivity contribution in [2.75, 3.05) is 12.3 Å². The van der Waals surface area contributed by atoms with E-state index in [9.17, 15) is 9.59 Å². The summed E-state index contributed by atoms with van der Waals surface area (Å²) in [6, 6.07) is 0. The SMILES string of the molecule is CC(C)(N)CNC(=O)CSCc1nc2sc3c(c2c(=O)[nH]1)CCCC3.Cl. The number of nitrogens with one attached hydrogen (secondary N) is 2. The summed E-state index contributed by atoms with van der Waals surface area (Å²) in [5.74, 6) is 1.40. The molecule has 0 unspecified atom stereocenters. The Morgan fingerprint density at radius 1 is 1.38 bits per heavy atom. The molecule has 2 aromatic rings. The van der Waals surface area contributed by atoms with Gasteiger partial charge in [0.25, 0.3) is 5.56 Å². The molecule has 1 aliphatic carbocycles. The first-order valence-corrected chi connectivity index (χ1v) is 10.5. The molecular formula is C17H25ClN4O2S2. The first-order valence-electron chi connectivity index (χ1n) is 8.50. The zero-order valence-corrected chi connectivity index (χ0v) is 17.5. The van der Waals surface area contributed by atoms with Crippen LogP contribution < -0.4 is 16.6 Å². The van der Waals surface area contributed by atoms with Crippen molar-refractivity contribution >= 4 is 51.6 Å². The molecule has 0 radical (unpaired) electrons.